The van der Waals surface area contributed by atoms with Crippen LogP contribution in [0.5, 0.6) is 5.75 Å². The third-order valence-corrected chi connectivity index (χ3v) is 4.94. The molecule has 1 aliphatic rings. The second kappa shape index (κ2) is 9.39. The zero-order valence-corrected chi connectivity index (χ0v) is 14.5. The molecular weight excluding hydrogens is 347 g/mol. The molecule has 0 aliphatic carbocycles. The Morgan fingerprint density at radius 1 is 1.30 bits per heavy atom. The number of hydrogen-bond acceptors (Lipinski definition) is 5. The van der Waals surface area contributed by atoms with E-state index < -0.39 is 15.8 Å². The molecule has 9 heteroatoms. The van der Waals surface area contributed by atoms with Crippen molar-refractivity contribution < 1.29 is 22.3 Å². The van der Waals surface area contributed by atoms with Crippen LogP contribution in [0.25, 0.3) is 0 Å². The first-order valence-electron chi connectivity index (χ1n) is 7.17. The van der Waals surface area contributed by atoms with Gasteiger partial charge in [-0.25, -0.2) is 17.5 Å². The van der Waals surface area contributed by atoms with Crippen LogP contribution in [0.15, 0.2) is 23.1 Å². The minimum atomic E-state index is -3.83. The van der Waals surface area contributed by atoms with Crippen molar-refractivity contribution in [1.82, 2.24) is 10.0 Å². The van der Waals surface area contributed by atoms with Gasteiger partial charge in [-0.3, -0.25) is 0 Å². The summed E-state index contributed by atoms with van der Waals surface area (Å²) in [6, 6.07) is 3.32. The number of methoxy groups -OCH3 is 1. The van der Waals surface area contributed by atoms with Gasteiger partial charge >= 0.3 is 0 Å². The monoisotopic (exact) mass is 368 g/mol. The van der Waals surface area contributed by atoms with Gasteiger partial charge in [0, 0.05) is 13.2 Å². The third-order valence-electron chi connectivity index (χ3n) is 3.40. The van der Waals surface area contributed by atoms with E-state index in [1.165, 1.54) is 19.2 Å². The number of halogens is 2. The Bertz CT molecular complexity index is 594. The molecule has 2 rings (SSSR count). The summed E-state index contributed by atoms with van der Waals surface area (Å²) in [6.45, 7) is 2.03. The van der Waals surface area contributed by atoms with E-state index in [0.29, 0.717) is 19.4 Å². The highest BCUT2D eigenvalue weighted by Crippen LogP contribution is 2.25. The molecule has 0 unspecified atom stereocenters. The molecule has 0 spiro atoms. The van der Waals surface area contributed by atoms with Crippen LogP contribution in [0.3, 0.4) is 0 Å². The highest BCUT2D eigenvalue weighted by Gasteiger charge is 2.25. The Balaban J connectivity index is 0.00000264. The molecule has 2 N–H and O–H groups in total. The second-order valence-corrected chi connectivity index (χ2v) is 6.76. The van der Waals surface area contributed by atoms with Crippen LogP contribution in [0.2, 0.25) is 0 Å². The summed E-state index contributed by atoms with van der Waals surface area (Å²) >= 11 is 0. The topological polar surface area (TPSA) is 76.7 Å². The molecule has 0 bridgehead atoms. The number of rotatable bonds is 7. The summed E-state index contributed by atoms with van der Waals surface area (Å²) in [7, 11) is -2.32. The predicted molar refractivity (Wildman–Crippen MR) is 87.2 cm³/mol. The van der Waals surface area contributed by atoms with Crippen LogP contribution in [0, 0.1) is 5.82 Å². The molecule has 0 atom stereocenters. The van der Waals surface area contributed by atoms with Gasteiger partial charge in [0.15, 0.2) is 0 Å². The summed E-state index contributed by atoms with van der Waals surface area (Å²) in [5, 5.41) is 3.16. The van der Waals surface area contributed by atoms with Crippen molar-refractivity contribution >= 4 is 22.4 Å². The largest absolute Gasteiger partial charge is 0.490 e. The smallest absolute Gasteiger partial charge is 0.244 e. The van der Waals surface area contributed by atoms with Gasteiger partial charge in [0.1, 0.15) is 23.1 Å². The van der Waals surface area contributed by atoms with Crippen molar-refractivity contribution in [3.63, 3.8) is 0 Å². The summed E-state index contributed by atoms with van der Waals surface area (Å²) in [5.41, 5.74) is 0. The first-order valence-corrected chi connectivity index (χ1v) is 8.65. The van der Waals surface area contributed by atoms with E-state index in [2.05, 4.69) is 10.0 Å². The van der Waals surface area contributed by atoms with Crippen LogP contribution in [-0.4, -0.2) is 47.9 Å². The minimum Gasteiger partial charge on any atom is -0.490 e. The fraction of sp³-hybridized carbons (Fsp3) is 0.571. The van der Waals surface area contributed by atoms with Gasteiger partial charge < -0.3 is 14.8 Å². The van der Waals surface area contributed by atoms with E-state index in [1.807, 2.05) is 0 Å². The van der Waals surface area contributed by atoms with Crippen molar-refractivity contribution in [3.05, 3.63) is 24.0 Å². The van der Waals surface area contributed by atoms with Crippen LogP contribution in [0.1, 0.15) is 12.8 Å². The van der Waals surface area contributed by atoms with Gasteiger partial charge in [-0.05, 0) is 44.1 Å². The van der Waals surface area contributed by atoms with Crippen molar-refractivity contribution in [2.45, 2.75) is 23.8 Å². The molecule has 1 aliphatic heterocycles. The minimum absolute atomic E-state index is 0. The van der Waals surface area contributed by atoms with E-state index in [9.17, 15) is 12.8 Å². The fourth-order valence-corrected chi connectivity index (χ4v) is 3.73. The second-order valence-electron chi connectivity index (χ2n) is 5.08. The molecular formula is C14H22ClFN2O4S. The van der Waals surface area contributed by atoms with Crippen LogP contribution in [0.4, 0.5) is 4.39 Å². The maximum absolute atomic E-state index is 13.5. The molecule has 0 radical (unpaired) electrons. The number of benzene rings is 1. The number of hydrogen-bond donors (Lipinski definition) is 2. The van der Waals surface area contributed by atoms with Crippen LogP contribution >= 0.6 is 12.4 Å². The van der Waals surface area contributed by atoms with Crippen molar-refractivity contribution in [2.24, 2.45) is 0 Å². The fourth-order valence-electron chi connectivity index (χ4n) is 2.27. The molecule has 1 heterocycles. The number of piperidine rings is 1. The number of nitrogens with one attached hydrogen (secondary N) is 2. The number of sulfonamides is 1. The molecule has 0 aromatic heterocycles. The molecule has 6 nitrogen and oxygen atoms in total. The summed E-state index contributed by atoms with van der Waals surface area (Å²) in [5.74, 6) is -0.496. The van der Waals surface area contributed by atoms with Gasteiger partial charge in [0.05, 0.1) is 6.61 Å². The first kappa shape index (κ1) is 20.1. The Labute approximate surface area is 142 Å². The summed E-state index contributed by atoms with van der Waals surface area (Å²) in [4.78, 5) is -0.179. The first-order chi connectivity index (χ1) is 10.5. The average molecular weight is 369 g/mol. The molecule has 132 valence electrons. The lowest BCUT2D eigenvalue weighted by Crippen LogP contribution is -2.42. The van der Waals surface area contributed by atoms with E-state index in [-0.39, 0.29) is 35.7 Å². The molecule has 1 aromatic rings. The Hall–Kier alpha value is -0.930. The van der Waals surface area contributed by atoms with Gasteiger partial charge in [0.25, 0.3) is 0 Å². The molecule has 23 heavy (non-hydrogen) atoms. The van der Waals surface area contributed by atoms with E-state index in [1.54, 1.807) is 0 Å². The quantitative estimate of drug-likeness (QED) is 0.709. The summed E-state index contributed by atoms with van der Waals surface area (Å²) in [6.07, 6.45) is 1.41. The lowest BCUT2D eigenvalue weighted by molar-refractivity contribution is 0.144. The zero-order valence-electron chi connectivity index (χ0n) is 12.9. The molecule has 1 fully saturated rings. The van der Waals surface area contributed by atoms with Crippen molar-refractivity contribution in [2.75, 3.05) is 33.4 Å². The maximum atomic E-state index is 13.5. The SMILES string of the molecule is COCCOc1ccc(F)cc1S(=O)(=O)NC1CCNCC1.Cl. The summed E-state index contributed by atoms with van der Waals surface area (Å²) < 4.78 is 51.3. The van der Waals surface area contributed by atoms with Gasteiger partial charge in [-0.15, -0.1) is 12.4 Å². The van der Waals surface area contributed by atoms with E-state index in [4.69, 9.17) is 9.47 Å². The zero-order chi connectivity index (χ0) is 16.0. The van der Waals surface area contributed by atoms with Gasteiger partial charge in [-0.1, -0.05) is 0 Å². The molecule has 0 amide bonds. The standard InChI is InChI=1S/C14H21FN2O4S.ClH/c1-20-8-9-21-13-3-2-11(15)10-14(13)22(18,19)17-12-4-6-16-7-5-12;/h2-3,10,12,16-17H,4-9H2,1H3;1H. The normalized spacial score (nSPS) is 15.9. The maximum Gasteiger partial charge on any atom is 0.244 e. The van der Waals surface area contributed by atoms with Crippen LogP contribution < -0.4 is 14.8 Å². The van der Waals surface area contributed by atoms with Gasteiger partial charge in [0.2, 0.25) is 10.0 Å². The Kier molecular flexibility index (Phi) is 8.21. The van der Waals surface area contributed by atoms with E-state index >= 15 is 0 Å². The molecule has 1 aromatic carbocycles. The van der Waals surface area contributed by atoms with E-state index in [0.717, 1.165) is 19.2 Å². The lowest BCUT2D eigenvalue weighted by Gasteiger charge is -2.24. The van der Waals surface area contributed by atoms with Crippen molar-refractivity contribution in [3.8, 4) is 5.75 Å². The highest BCUT2D eigenvalue weighted by atomic mass is 35.5. The van der Waals surface area contributed by atoms with Crippen LogP contribution in [-0.2, 0) is 14.8 Å². The average Bonchev–Trinajstić information content (AvgIpc) is 2.49. The third kappa shape index (κ3) is 5.89. The Morgan fingerprint density at radius 2 is 2.00 bits per heavy atom. The predicted octanol–water partition coefficient (Wildman–Crippen LogP) is 1.30. The molecule has 1 saturated heterocycles. The van der Waals surface area contributed by atoms with Crippen molar-refractivity contribution in [1.29, 1.82) is 0 Å². The Morgan fingerprint density at radius 3 is 2.65 bits per heavy atom. The van der Waals surface area contributed by atoms with Gasteiger partial charge in [-0.2, -0.15) is 0 Å². The molecule has 0 saturated carbocycles. The highest BCUT2D eigenvalue weighted by molar-refractivity contribution is 7.89. The lowest BCUT2D eigenvalue weighted by atomic mass is 10.1. The number of ether oxygens (including phenoxy) is 2.